The lowest BCUT2D eigenvalue weighted by Crippen LogP contribution is -2.50. The average molecular weight is 299 g/mol. The van der Waals surface area contributed by atoms with Gasteiger partial charge in [0.2, 0.25) is 5.91 Å². The molecule has 1 saturated heterocycles. The predicted octanol–water partition coefficient (Wildman–Crippen LogP) is 1.10. The first-order valence-electron chi connectivity index (χ1n) is 8.34. The fraction of sp³-hybridized carbons (Fsp3) is 0.938. The number of morpholine rings is 1. The molecule has 2 N–H and O–H groups in total. The number of amides is 1. The second-order valence-electron chi connectivity index (χ2n) is 6.39. The van der Waals surface area contributed by atoms with Crippen molar-refractivity contribution in [2.45, 2.75) is 40.2 Å². The Morgan fingerprint density at radius 3 is 2.43 bits per heavy atom. The number of hydrogen-bond donors (Lipinski definition) is 2. The quantitative estimate of drug-likeness (QED) is 0.669. The number of rotatable bonds is 9. The van der Waals surface area contributed by atoms with Gasteiger partial charge >= 0.3 is 0 Å². The van der Waals surface area contributed by atoms with Crippen molar-refractivity contribution in [3.63, 3.8) is 0 Å². The monoisotopic (exact) mass is 299 g/mol. The summed E-state index contributed by atoms with van der Waals surface area (Å²) in [6, 6.07) is 0.421. The number of carbonyl (C=O) groups excluding carboxylic acids is 1. The fourth-order valence-corrected chi connectivity index (χ4v) is 2.69. The minimum atomic E-state index is 0.0225. The van der Waals surface area contributed by atoms with Gasteiger partial charge in [0.15, 0.2) is 0 Å². The Labute approximate surface area is 129 Å². The summed E-state index contributed by atoms with van der Waals surface area (Å²) in [5.74, 6) is 0.807. The summed E-state index contributed by atoms with van der Waals surface area (Å²) < 4.78 is 5.43. The molecular weight excluding hydrogens is 266 g/mol. The molecule has 1 aliphatic heterocycles. The van der Waals surface area contributed by atoms with Gasteiger partial charge in [-0.05, 0) is 18.9 Å². The summed E-state index contributed by atoms with van der Waals surface area (Å²) in [4.78, 5) is 14.6. The van der Waals surface area contributed by atoms with Crippen molar-refractivity contribution < 1.29 is 9.53 Å². The lowest BCUT2D eigenvalue weighted by Gasteiger charge is -2.35. The van der Waals surface area contributed by atoms with Gasteiger partial charge in [-0.2, -0.15) is 0 Å². The van der Waals surface area contributed by atoms with E-state index in [4.69, 9.17) is 4.74 Å². The number of ether oxygens (including phenoxy) is 1. The maximum atomic E-state index is 12.1. The first-order chi connectivity index (χ1) is 10.0. The molecular formula is C16H33N3O2. The van der Waals surface area contributed by atoms with Crippen LogP contribution in [0, 0.1) is 11.8 Å². The van der Waals surface area contributed by atoms with Crippen LogP contribution in [0.15, 0.2) is 0 Å². The zero-order chi connectivity index (χ0) is 15.7. The van der Waals surface area contributed by atoms with Crippen molar-refractivity contribution in [2.75, 3.05) is 45.9 Å². The highest BCUT2D eigenvalue weighted by Gasteiger charge is 2.23. The van der Waals surface area contributed by atoms with E-state index < -0.39 is 0 Å². The van der Waals surface area contributed by atoms with Crippen LogP contribution in [0.1, 0.15) is 34.1 Å². The Morgan fingerprint density at radius 2 is 1.86 bits per heavy atom. The maximum absolute atomic E-state index is 12.1. The van der Waals surface area contributed by atoms with Crippen LogP contribution in [0.3, 0.4) is 0 Å². The molecule has 0 radical (unpaired) electrons. The van der Waals surface area contributed by atoms with E-state index in [0.717, 1.165) is 52.4 Å². The Kier molecular flexibility index (Phi) is 8.88. The molecule has 2 unspecified atom stereocenters. The van der Waals surface area contributed by atoms with Crippen LogP contribution in [0.25, 0.3) is 0 Å². The third-order valence-corrected chi connectivity index (χ3v) is 3.97. The summed E-state index contributed by atoms with van der Waals surface area (Å²) in [6.45, 7) is 14.5. The van der Waals surface area contributed by atoms with Gasteiger partial charge in [-0.25, -0.2) is 0 Å². The van der Waals surface area contributed by atoms with E-state index in [1.54, 1.807) is 0 Å². The molecule has 0 spiro atoms. The lowest BCUT2D eigenvalue weighted by molar-refractivity contribution is -0.124. The van der Waals surface area contributed by atoms with E-state index >= 15 is 0 Å². The zero-order valence-corrected chi connectivity index (χ0v) is 14.2. The molecule has 1 aliphatic rings. The van der Waals surface area contributed by atoms with Gasteiger partial charge in [-0.3, -0.25) is 9.69 Å². The third kappa shape index (κ3) is 7.25. The van der Waals surface area contributed by atoms with Gasteiger partial charge in [-0.1, -0.05) is 27.7 Å². The second kappa shape index (κ2) is 10.1. The molecule has 0 aromatic heterocycles. The van der Waals surface area contributed by atoms with E-state index in [9.17, 15) is 4.79 Å². The predicted molar refractivity (Wildman–Crippen MR) is 86.4 cm³/mol. The van der Waals surface area contributed by atoms with E-state index in [0.29, 0.717) is 12.0 Å². The van der Waals surface area contributed by atoms with Gasteiger partial charge in [0, 0.05) is 38.1 Å². The van der Waals surface area contributed by atoms with Crippen LogP contribution >= 0.6 is 0 Å². The normalized spacial score (nSPS) is 19.5. The van der Waals surface area contributed by atoms with Crippen molar-refractivity contribution in [1.29, 1.82) is 0 Å². The Bertz CT molecular complexity index is 291. The van der Waals surface area contributed by atoms with Gasteiger partial charge in [0.25, 0.3) is 0 Å². The molecule has 5 nitrogen and oxygen atoms in total. The van der Waals surface area contributed by atoms with Crippen LogP contribution in [-0.2, 0) is 9.53 Å². The molecule has 124 valence electrons. The Hall–Kier alpha value is -0.650. The number of nitrogens with zero attached hydrogens (tertiary/aromatic N) is 1. The van der Waals surface area contributed by atoms with Gasteiger partial charge < -0.3 is 15.4 Å². The van der Waals surface area contributed by atoms with Gasteiger partial charge in [0.05, 0.1) is 13.2 Å². The van der Waals surface area contributed by atoms with Crippen molar-refractivity contribution in [3.8, 4) is 0 Å². The molecule has 21 heavy (non-hydrogen) atoms. The summed E-state index contributed by atoms with van der Waals surface area (Å²) in [6.07, 6.45) is 1.11. The Morgan fingerprint density at radius 1 is 1.19 bits per heavy atom. The van der Waals surface area contributed by atoms with E-state index in [2.05, 4.69) is 36.3 Å². The van der Waals surface area contributed by atoms with Crippen LogP contribution in [-0.4, -0.2) is 62.8 Å². The summed E-state index contributed by atoms with van der Waals surface area (Å²) >= 11 is 0. The van der Waals surface area contributed by atoms with E-state index in [-0.39, 0.29) is 11.8 Å². The maximum Gasteiger partial charge on any atom is 0.224 e. The first kappa shape index (κ1) is 18.4. The summed E-state index contributed by atoms with van der Waals surface area (Å²) in [7, 11) is 0. The van der Waals surface area contributed by atoms with Crippen LogP contribution in [0.5, 0.6) is 0 Å². The average Bonchev–Trinajstić information content (AvgIpc) is 2.49. The smallest absolute Gasteiger partial charge is 0.224 e. The van der Waals surface area contributed by atoms with E-state index in [1.165, 1.54) is 0 Å². The van der Waals surface area contributed by atoms with Crippen molar-refractivity contribution in [1.82, 2.24) is 15.5 Å². The largest absolute Gasteiger partial charge is 0.379 e. The van der Waals surface area contributed by atoms with Crippen LogP contribution in [0.2, 0.25) is 0 Å². The van der Waals surface area contributed by atoms with Gasteiger partial charge in [0.1, 0.15) is 0 Å². The number of hydrogen-bond acceptors (Lipinski definition) is 4. The number of nitrogens with one attached hydrogen (secondary N) is 2. The fourth-order valence-electron chi connectivity index (χ4n) is 2.69. The highest BCUT2D eigenvalue weighted by Crippen LogP contribution is 2.13. The molecule has 0 aliphatic carbocycles. The highest BCUT2D eigenvalue weighted by molar-refractivity contribution is 5.78. The molecule has 1 amide bonds. The molecule has 5 heteroatoms. The standard InChI is InChI=1S/C16H33N3O2/c1-5-17-11-14(4)16(20)18-12-15(10-13(2)3)19-6-8-21-9-7-19/h13-15,17H,5-12H2,1-4H3,(H,18,20). The highest BCUT2D eigenvalue weighted by atomic mass is 16.5. The first-order valence-corrected chi connectivity index (χ1v) is 8.34. The molecule has 2 atom stereocenters. The van der Waals surface area contributed by atoms with Gasteiger partial charge in [-0.15, -0.1) is 0 Å². The molecule has 1 heterocycles. The van der Waals surface area contributed by atoms with E-state index in [1.807, 2.05) is 6.92 Å². The third-order valence-electron chi connectivity index (χ3n) is 3.97. The lowest BCUT2D eigenvalue weighted by atomic mass is 10.0. The van der Waals surface area contributed by atoms with Crippen LogP contribution in [0.4, 0.5) is 0 Å². The minimum Gasteiger partial charge on any atom is -0.379 e. The summed E-state index contributed by atoms with van der Waals surface area (Å²) in [5.41, 5.74) is 0. The molecule has 0 saturated carbocycles. The van der Waals surface area contributed by atoms with Crippen molar-refractivity contribution in [2.24, 2.45) is 11.8 Å². The molecule has 0 aromatic carbocycles. The number of carbonyl (C=O) groups is 1. The molecule has 0 aromatic rings. The van der Waals surface area contributed by atoms with Crippen LogP contribution < -0.4 is 10.6 Å². The second-order valence-corrected chi connectivity index (χ2v) is 6.39. The topological polar surface area (TPSA) is 53.6 Å². The SMILES string of the molecule is CCNCC(C)C(=O)NCC(CC(C)C)N1CCOCC1. The molecule has 1 rings (SSSR count). The zero-order valence-electron chi connectivity index (χ0n) is 14.2. The molecule has 0 bridgehead atoms. The van der Waals surface area contributed by atoms with Crippen molar-refractivity contribution in [3.05, 3.63) is 0 Å². The summed E-state index contributed by atoms with van der Waals surface area (Å²) in [5, 5.41) is 6.36. The van der Waals surface area contributed by atoms with Crippen molar-refractivity contribution >= 4 is 5.91 Å². The Balaban J connectivity index is 2.42. The minimum absolute atomic E-state index is 0.0225. The molecule has 1 fully saturated rings.